The molecule has 2 rings (SSSR count). The maximum absolute atomic E-state index is 12.6. The van der Waals surface area contributed by atoms with Gasteiger partial charge in [0, 0.05) is 7.05 Å². The molecule has 1 saturated carbocycles. The van der Waals surface area contributed by atoms with E-state index < -0.39 is 11.8 Å². The van der Waals surface area contributed by atoms with Crippen molar-refractivity contribution in [3.63, 3.8) is 0 Å². The van der Waals surface area contributed by atoms with E-state index in [9.17, 15) is 9.59 Å². The molecule has 2 amide bonds. The Labute approximate surface area is 134 Å². The van der Waals surface area contributed by atoms with Gasteiger partial charge in [-0.05, 0) is 29.3 Å². The molecule has 118 valence electrons. The van der Waals surface area contributed by atoms with Crippen LogP contribution in [0.3, 0.4) is 0 Å². The Morgan fingerprint density at radius 1 is 1.45 bits per heavy atom. The molecule has 0 radical (unpaired) electrons. The summed E-state index contributed by atoms with van der Waals surface area (Å²) in [6.45, 7) is 0. The largest absolute Gasteiger partial charge is 0.365 e. The van der Waals surface area contributed by atoms with Crippen molar-refractivity contribution in [1.29, 1.82) is 5.26 Å². The van der Waals surface area contributed by atoms with Crippen LogP contribution in [-0.4, -0.2) is 23.8 Å². The third-order valence-corrected chi connectivity index (χ3v) is 5.31. The highest BCUT2D eigenvalue weighted by Gasteiger charge is 2.31. The van der Waals surface area contributed by atoms with E-state index in [1.807, 2.05) is 6.19 Å². The summed E-state index contributed by atoms with van der Waals surface area (Å²) in [5.41, 5.74) is 6.10. The van der Waals surface area contributed by atoms with Gasteiger partial charge in [-0.2, -0.15) is 5.26 Å². The van der Waals surface area contributed by atoms with Gasteiger partial charge in [-0.3, -0.25) is 14.5 Å². The second-order valence-corrected chi connectivity index (χ2v) is 6.78. The molecule has 1 aliphatic rings. The molecular formula is C16H21N3O2S. The summed E-state index contributed by atoms with van der Waals surface area (Å²) >= 11 is 1.26. The molecule has 1 fully saturated rings. The number of hydrogen-bond acceptors (Lipinski definition) is 4. The van der Waals surface area contributed by atoms with Crippen molar-refractivity contribution >= 4 is 23.2 Å². The highest BCUT2D eigenvalue weighted by molar-refractivity contribution is 7.12. The van der Waals surface area contributed by atoms with Crippen molar-refractivity contribution in [3.8, 4) is 6.19 Å². The monoisotopic (exact) mass is 319 g/mol. The summed E-state index contributed by atoms with van der Waals surface area (Å²) in [6, 6.07) is 1.79. The van der Waals surface area contributed by atoms with Crippen molar-refractivity contribution in [1.82, 2.24) is 4.90 Å². The highest BCUT2D eigenvalue weighted by Crippen LogP contribution is 2.36. The number of rotatable bonds is 5. The maximum Gasteiger partial charge on any atom is 0.259 e. The molecule has 1 atom stereocenters. The van der Waals surface area contributed by atoms with Crippen LogP contribution in [0.1, 0.15) is 59.7 Å². The van der Waals surface area contributed by atoms with E-state index >= 15 is 0 Å². The van der Waals surface area contributed by atoms with Gasteiger partial charge < -0.3 is 5.73 Å². The zero-order valence-electron chi connectivity index (χ0n) is 12.7. The van der Waals surface area contributed by atoms with Gasteiger partial charge in [0.15, 0.2) is 6.19 Å². The first-order chi connectivity index (χ1) is 10.5. The molecule has 0 aliphatic heterocycles. The van der Waals surface area contributed by atoms with E-state index in [0.717, 1.165) is 17.7 Å². The predicted molar refractivity (Wildman–Crippen MR) is 85.2 cm³/mol. The van der Waals surface area contributed by atoms with Crippen molar-refractivity contribution in [2.45, 2.75) is 44.4 Å². The summed E-state index contributed by atoms with van der Waals surface area (Å²) in [7, 11) is 1.46. The molecule has 1 aliphatic carbocycles. The van der Waals surface area contributed by atoms with Crippen molar-refractivity contribution in [2.24, 2.45) is 11.7 Å². The van der Waals surface area contributed by atoms with Crippen LogP contribution in [0.15, 0.2) is 11.4 Å². The first kappa shape index (κ1) is 16.5. The van der Waals surface area contributed by atoms with E-state index in [0.29, 0.717) is 22.8 Å². The molecule has 0 saturated heterocycles. The summed E-state index contributed by atoms with van der Waals surface area (Å²) in [5, 5.41) is 10.8. The smallest absolute Gasteiger partial charge is 0.259 e. The summed E-state index contributed by atoms with van der Waals surface area (Å²) in [4.78, 5) is 25.6. The van der Waals surface area contributed by atoms with Crippen molar-refractivity contribution in [3.05, 3.63) is 21.9 Å². The lowest BCUT2D eigenvalue weighted by Crippen LogP contribution is -2.30. The highest BCUT2D eigenvalue weighted by atomic mass is 32.1. The Morgan fingerprint density at radius 2 is 2.14 bits per heavy atom. The SMILES string of the molecule is CN(C#N)C(=O)[C@@H](CC1CCCCC1)c1ccsc1C(N)=O. The Morgan fingerprint density at radius 3 is 2.73 bits per heavy atom. The zero-order chi connectivity index (χ0) is 16.1. The second-order valence-electron chi connectivity index (χ2n) is 5.86. The van der Waals surface area contributed by atoms with Gasteiger partial charge in [-0.25, -0.2) is 0 Å². The normalized spacial score (nSPS) is 16.7. The Hall–Kier alpha value is -1.87. The molecule has 22 heavy (non-hydrogen) atoms. The number of hydrogen-bond donors (Lipinski definition) is 1. The molecule has 6 heteroatoms. The molecule has 0 bridgehead atoms. The molecule has 1 heterocycles. The molecule has 0 spiro atoms. The first-order valence-corrected chi connectivity index (χ1v) is 8.47. The third kappa shape index (κ3) is 3.66. The van der Waals surface area contributed by atoms with Gasteiger partial charge >= 0.3 is 0 Å². The van der Waals surface area contributed by atoms with Gasteiger partial charge in [-0.1, -0.05) is 32.1 Å². The Kier molecular flexibility index (Phi) is 5.56. The molecular weight excluding hydrogens is 298 g/mol. The molecule has 5 nitrogen and oxygen atoms in total. The lowest BCUT2D eigenvalue weighted by atomic mass is 9.80. The topological polar surface area (TPSA) is 87.2 Å². The fourth-order valence-electron chi connectivity index (χ4n) is 3.19. The van der Waals surface area contributed by atoms with Crippen molar-refractivity contribution in [2.75, 3.05) is 7.05 Å². The number of nitriles is 1. The first-order valence-electron chi connectivity index (χ1n) is 7.59. The number of carbonyl (C=O) groups is 2. The minimum Gasteiger partial charge on any atom is -0.365 e. The number of primary amides is 1. The Bertz CT molecular complexity index is 584. The van der Waals surface area contributed by atoms with Gasteiger partial charge in [0.05, 0.1) is 10.8 Å². The average molecular weight is 319 g/mol. The lowest BCUT2D eigenvalue weighted by Gasteiger charge is -2.27. The number of thiophene rings is 1. The van der Waals surface area contributed by atoms with Crippen LogP contribution in [0.5, 0.6) is 0 Å². The van der Waals surface area contributed by atoms with E-state index in [1.165, 1.54) is 37.6 Å². The summed E-state index contributed by atoms with van der Waals surface area (Å²) < 4.78 is 0. The summed E-state index contributed by atoms with van der Waals surface area (Å²) in [5.74, 6) is -0.753. The van der Waals surface area contributed by atoms with Crippen LogP contribution < -0.4 is 5.73 Å². The number of likely N-dealkylation sites (N-methyl/N-ethyl adjacent to an activating group) is 1. The van der Waals surface area contributed by atoms with Crippen LogP contribution in [-0.2, 0) is 4.79 Å². The lowest BCUT2D eigenvalue weighted by molar-refractivity contribution is -0.129. The van der Waals surface area contributed by atoms with Crippen LogP contribution >= 0.6 is 11.3 Å². The molecule has 0 unspecified atom stereocenters. The second kappa shape index (κ2) is 7.41. The number of nitrogens with two attached hydrogens (primary N) is 1. The zero-order valence-corrected chi connectivity index (χ0v) is 13.6. The minimum atomic E-state index is -0.508. The number of carbonyl (C=O) groups excluding carboxylic acids is 2. The predicted octanol–water partition coefficient (Wildman–Crippen LogP) is 2.84. The van der Waals surface area contributed by atoms with E-state index in [-0.39, 0.29) is 5.91 Å². The van der Waals surface area contributed by atoms with Crippen LogP contribution in [0.4, 0.5) is 0 Å². The fourth-order valence-corrected chi connectivity index (χ4v) is 4.01. The van der Waals surface area contributed by atoms with Crippen LogP contribution in [0, 0.1) is 17.4 Å². The molecule has 2 N–H and O–H groups in total. The third-order valence-electron chi connectivity index (χ3n) is 4.37. The fraction of sp³-hybridized carbons (Fsp3) is 0.562. The summed E-state index contributed by atoms with van der Waals surface area (Å²) in [6.07, 6.45) is 8.38. The molecule has 1 aromatic heterocycles. The molecule has 0 aromatic carbocycles. The van der Waals surface area contributed by atoms with Crippen LogP contribution in [0.2, 0.25) is 0 Å². The van der Waals surface area contributed by atoms with Gasteiger partial charge in [0.1, 0.15) is 0 Å². The maximum atomic E-state index is 12.6. The van der Waals surface area contributed by atoms with E-state index in [4.69, 9.17) is 11.0 Å². The van der Waals surface area contributed by atoms with Gasteiger partial charge in [0.25, 0.3) is 5.91 Å². The van der Waals surface area contributed by atoms with Crippen LogP contribution in [0.25, 0.3) is 0 Å². The number of amides is 2. The van der Waals surface area contributed by atoms with E-state index in [1.54, 1.807) is 11.4 Å². The molecule has 1 aromatic rings. The standard InChI is InChI=1S/C16H21N3O2S/c1-19(10-17)16(21)13(9-11-5-3-2-4-6-11)12-7-8-22-14(12)15(18)20/h7-8,11,13H,2-6,9H2,1H3,(H2,18,20)/t13-/m0/s1. The van der Waals surface area contributed by atoms with Gasteiger partial charge in [-0.15, -0.1) is 11.3 Å². The average Bonchev–Trinajstić information content (AvgIpc) is 3.01. The minimum absolute atomic E-state index is 0.256. The Balaban J connectivity index is 2.28. The van der Waals surface area contributed by atoms with E-state index in [2.05, 4.69) is 0 Å². The number of nitrogens with zero attached hydrogens (tertiary/aromatic N) is 2. The quantitative estimate of drug-likeness (QED) is 0.668. The van der Waals surface area contributed by atoms with Gasteiger partial charge in [0.2, 0.25) is 5.91 Å². The van der Waals surface area contributed by atoms with Crippen molar-refractivity contribution < 1.29 is 9.59 Å².